The lowest BCUT2D eigenvalue weighted by Crippen LogP contribution is -2.48. The molecule has 0 aliphatic rings. The van der Waals surface area contributed by atoms with Crippen LogP contribution in [0.5, 0.6) is 0 Å². The van der Waals surface area contributed by atoms with E-state index in [0.717, 1.165) is 22.2 Å². The van der Waals surface area contributed by atoms with Crippen LogP contribution in [0.25, 0.3) is 22.4 Å². The fraction of sp³-hybridized carbons (Fsp3) is 0.231. The number of nitrogens with zero attached hydrogens (tertiary/aromatic N) is 1. The first-order valence-electron chi connectivity index (χ1n) is 11.3. The first kappa shape index (κ1) is 23.7. The molecule has 35 heavy (non-hydrogen) atoms. The van der Waals surface area contributed by atoms with Crippen molar-refractivity contribution in [1.29, 1.82) is 0 Å². The molecule has 2 aromatic heterocycles. The maximum Gasteiger partial charge on any atom is 0.287 e. The van der Waals surface area contributed by atoms with E-state index in [-0.39, 0.29) is 29.3 Å². The Morgan fingerprint density at radius 1 is 1.00 bits per heavy atom. The lowest BCUT2D eigenvalue weighted by atomic mass is 10.0. The number of nitrogens with one attached hydrogen (secondary N) is 4. The standard InChI is InChI=1S/C26H27N5O4/c1-15(2)22(25(33)27-3)31-24(32)21-12-11-20(35-21)17-8-6-7-16(13-17)14-28-26(34)23-29-18-9-4-5-10-19(18)30-23/h4-13,15,22H,14H2,1-3H3,(H,27,33)(H,28,34)(H,29,30)(H,31,32). The molecular formula is C26H27N5O4. The third-order valence-electron chi connectivity index (χ3n) is 5.58. The van der Waals surface area contributed by atoms with Gasteiger partial charge in [0.25, 0.3) is 11.8 Å². The molecule has 0 aliphatic carbocycles. The van der Waals surface area contributed by atoms with Gasteiger partial charge in [-0.05, 0) is 41.8 Å². The minimum atomic E-state index is -0.667. The molecule has 4 aromatic rings. The summed E-state index contributed by atoms with van der Waals surface area (Å²) in [7, 11) is 1.53. The van der Waals surface area contributed by atoms with Crippen LogP contribution in [0.3, 0.4) is 0 Å². The number of amides is 3. The fourth-order valence-corrected chi connectivity index (χ4v) is 3.68. The molecule has 4 rings (SSSR count). The molecule has 9 nitrogen and oxygen atoms in total. The molecule has 0 saturated heterocycles. The average Bonchev–Trinajstić information content (AvgIpc) is 3.53. The van der Waals surface area contributed by atoms with Crippen LogP contribution < -0.4 is 16.0 Å². The number of hydrogen-bond acceptors (Lipinski definition) is 5. The smallest absolute Gasteiger partial charge is 0.287 e. The number of fused-ring (bicyclic) bond motifs is 1. The van der Waals surface area contributed by atoms with E-state index in [4.69, 9.17) is 4.42 Å². The molecule has 1 atom stereocenters. The summed E-state index contributed by atoms with van der Waals surface area (Å²) in [5.41, 5.74) is 3.14. The van der Waals surface area contributed by atoms with Gasteiger partial charge in [-0.25, -0.2) is 4.98 Å². The first-order valence-corrected chi connectivity index (χ1v) is 11.3. The summed E-state index contributed by atoms with van der Waals surface area (Å²) in [6.07, 6.45) is 0. The van der Waals surface area contributed by atoms with Gasteiger partial charge in [0.15, 0.2) is 11.6 Å². The molecule has 0 saturated carbocycles. The third-order valence-corrected chi connectivity index (χ3v) is 5.58. The molecule has 4 N–H and O–H groups in total. The number of benzene rings is 2. The molecule has 9 heteroatoms. The molecule has 0 fully saturated rings. The summed E-state index contributed by atoms with van der Waals surface area (Å²) in [6, 6.07) is 17.5. The lowest BCUT2D eigenvalue weighted by Gasteiger charge is -2.19. The zero-order chi connectivity index (χ0) is 24.9. The molecule has 2 heterocycles. The van der Waals surface area contributed by atoms with Crippen LogP contribution in [-0.4, -0.2) is 40.8 Å². The number of rotatable bonds is 8. The van der Waals surface area contributed by atoms with Crippen molar-refractivity contribution in [3.63, 3.8) is 0 Å². The third kappa shape index (κ3) is 5.40. The number of carbonyl (C=O) groups is 3. The molecule has 0 radical (unpaired) electrons. The van der Waals surface area contributed by atoms with Crippen molar-refractivity contribution >= 4 is 28.8 Å². The number of H-pyrrole nitrogens is 1. The number of likely N-dealkylation sites (N-methyl/N-ethyl adjacent to an activating group) is 1. The van der Waals surface area contributed by atoms with Gasteiger partial charge < -0.3 is 25.4 Å². The van der Waals surface area contributed by atoms with E-state index in [9.17, 15) is 14.4 Å². The van der Waals surface area contributed by atoms with Crippen molar-refractivity contribution in [2.45, 2.75) is 26.4 Å². The molecule has 2 aromatic carbocycles. The number of aromatic amines is 1. The van der Waals surface area contributed by atoms with Gasteiger partial charge in [0.05, 0.1) is 11.0 Å². The highest BCUT2D eigenvalue weighted by Gasteiger charge is 2.25. The van der Waals surface area contributed by atoms with Gasteiger partial charge in [0.2, 0.25) is 5.91 Å². The number of imidazole rings is 1. The molecule has 0 spiro atoms. The second-order valence-corrected chi connectivity index (χ2v) is 8.46. The summed E-state index contributed by atoms with van der Waals surface area (Å²) in [5, 5.41) is 8.13. The van der Waals surface area contributed by atoms with Crippen LogP contribution in [0.15, 0.2) is 65.1 Å². The summed E-state index contributed by atoms with van der Waals surface area (Å²) in [5.74, 6) is -0.259. The van der Waals surface area contributed by atoms with Crippen LogP contribution in [-0.2, 0) is 11.3 Å². The molecule has 0 aliphatic heterocycles. The SMILES string of the molecule is CNC(=O)C(NC(=O)c1ccc(-c2cccc(CNC(=O)c3nc4ccccc4[nH]3)c2)o1)C(C)C. The maximum atomic E-state index is 12.6. The molecule has 180 valence electrons. The molecule has 3 amide bonds. The molecule has 1 unspecified atom stereocenters. The van der Waals surface area contributed by atoms with E-state index in [2.05, 4.69) is 25.9 Å². The Bertz CT molecular complexity index is 1340. The van der Waals surface area contributed by atoms with E-state index in [1.54, 1.807) is 12.1 Å². The Balaban J connectivity index is 1.42. The Hall–Kier alpha value is -4.40. The highest BCUT2D eigenvalue weighted by Crippen LogP contribution is 2.23. The second-order valence-electron chi connectivity index (χ2n) is 8.46. The minimum Gasteiger partial charge on any atom is -0.451 e. The minimum absolute atomic E-state index is 0.0835. The Labute approximate surface area is 202 Å². The molecular weight excluding hydrogens is 446 g/mol. The maximum absolute atomic E-state index is 12.6. The number of para-hydroxylation sites is 2. The van der Waals surface area contributed by atoms with Gasteiger partial charge in [0, 0.05) is 19.2 Å². The van der Waals surface area contributed by atoms with Gasteiger partial charge in [-0.2, -0.15) is 0 Å². The van der Waals surface area contributed by atoms with Crippen molar-refractivity contribution in [2.75, 3.05) is 7.05 Å². The average molecular weight is 474 g/mol. The van der Waals surface area contributed by atoms with Crippen LogP contribution in [0.2, 0.25) is 0 Å². The highest BCUT2D eigenvalue weighted by molar-refractivity contribution is 5.96. The van der Waals surface area contributed by atoms with Crippen molar-refractivity contribution in [2.24, 2.45) is 5.92 Å². The van der Waals surface area contributed by atoms with Crippen molar-refractivity contribution < 1.29 is 18.8 Å². The van der Waals surface area contributed by atoms with Crippen molar-refractivity contribution in [3.8, 4) is 11.3 Å². The summed E-state index contributed by atoms with van der Waals surface area (Å²) < 4.78 is 5.76. The van der Waals surface area contributed by atoms with E-state index in [0.29, 0.717) is 12.3 Å². The summed E-state index contributed by atoms with van der Waals surface area (Å²) >= 11 is 0. The Morgan fingerprint density at radius 2 is 1.80 bits per heavy atom. The van der Waals surface area contributed by atoms with E-state index >= 15 is 0 Å². The molecule has 0 bridgehead atoms. The Morgan fingerprint density at radius 3 is 2.54 bits per heavy atom. The van der Waals surface area contributed by atoms with Crippen LogP contribution in [0.4, 0.5) is 0 Å². The fourth-order valence-electron chi connectivity index (χ4n) is 3.68. The van der Waals surface area contributed by atoms with E-state index in [1.165, 1.54) is 7.05 Å². The monoisotopic (exact) mass is 473 g/mol. The number of carbonyl (C=O) groups excluding carboxylic acids is 3. The second kappa shape index (κ2) is 10.3. The number of aromatic nitrogens is 2. The zero-order valence-electron chi connectivity index (χ0n) is 19.7. The van der Waals surface area contributed by atoms with Gasteiger partial charge in [0.1, 0.15) is 11.8 Å². The largest absolute Gasteiger partial charge is 0.451 e. The normalized spacial score (nSPS) is 11.9. The number of furan rings is 1. The van der Waals surface area contributed by atoms with E-state index < -0.39 is 11.9 Å². The topological polar surface area (TPSA) is 129 Å². The van der Waals surface area contributed by atoms with Gasteiger partial charge in [-0.1, -0.05) is 44.2 Å². The summed E-state index contributed by atoms with van der Waals surface area (Å²) in [4.78, 5) is 44.5. The summed E-state index contributed by atoms with van der Waals surface area (Å²) in [6.45, 7) is 4.00. The van der Waals surface area contributed by atoms with Gasteiger partial charge in [-0.3, -0.25) is 14.4 Å². The first-order chi connectivity index (χ1) is 16.9. The van der Waals surface area contributed by atoms with E-state index in [1.807, 2.05) is 62.4 Å². The van der Waals surface area contributed by atoms with Crippen LogP contribution in [0, 0.1) is 5.92 Å². The predicted molar refractivity (Wildman–Crippen MR) is 132 cm³/mol. The number of hydrogen-bond donors (Lipinski definition) is 4. The van der Waals surface area contributed by atoms with Crippen LogP contribution >= 0.6 is 0 Å². The van der Waals surface area contributed by atoms with Gasteiger partial charge >= 0.3 is 0 Å². The lowest BCUT2D eigenvalue weighted by molar-refractivity contribution is -0.123. The quantitative estimate of drug-likeness (QED) is 0.312. The van der Waals surface area contributed by atoms with Crippen molar-refractivity contribution in [3.05, 3.63) is 77.8 Å². The Kier molecular flexibility index (Phi) is 6.96. The highest BCUT2D eigenvalue weighted by atomic mass is 16.4. The predicted octanol–water partition coefficient (Wildman–Crippen LogP) is 3.25. The van der Waals surface area contributed by atoms with Crippen LogP contribution in [0.1, 0.15) is 40.6 Å². The zero-order valence-corrected chi connectivity index (χ0v) is 19.7. The van der Waals surface area contributed by atoms with Gasteiger partial charge in [-0.15, -0.1) is 0 Å². The van der Waals surface area contributed by atoms with Crippen molar-refractivity contribution in [1.82, 2.24) is 25.9 Å².